The van der Waals surface area contributed by atoms with E-state index in [9.17, 15) is 22.8 Å². The van der Waals surface area contributed by atoms with Gasteiger partial charge in [0.2, 0.25) is 11.8 Å². The summed E-state index contributed by atoms with van der Waals surface area (Å²) in [6.07, 6.45) is -0.823. The first-order chi connectivity index (χ1) is 14.7. The SMILES string of the molecule is C/C(=C/C(=O)NC(Cc1ccccc1)C(=O)N1CCCC1)c1ccc(C(F)(F)F)cc1. The van der Waals surface area contributed by atoms with Crippen molar-refractivity contribution in [1.29, 1.82) is 0 Å². The van der Waals surface area contributed by atoms with E-state index in [1.54, 1.807) is 11.8 Å². The number of amides is 2. The number of benzene rings is 2. The third-order valence-corrected chi connectivity index (χ3v) is 5.33. The van der Waals surface area contributed by atoms with E-state index in [2.05, 4.69) is 5.32 Å². The molecular formula is C24H25F3N2O2. The lowest BCUT2D eigenvalue weighted by atomic mass is 10.0. The van der Waals surface area contributed by atoms with Gasteiger partial charge in [-0.25, -0.2) is 0 Å². The lowest BCUT2D eigenvalue weighted by Crippen LogP contribution is -2.48. The summed E-state index contributed by atoms with van der Waals surface area (Å²) < 4.78 is 38.2. The van der Waals surface area contributed by atoms with E-state index < -0.39 is 23.7 Å². The first-order valence-corrected chi connectivity index (χ1v) is 10.2. The molecule has 1 atom stereocenters. The number of carbonyl (C=O) groups excluding carboxylic acids is 2. The lowest BCUT2D eigenvalue weighted by molar-refractivity contribution is -0.137. The van der Waals surface area contributed by atoms with E-state index >= 15 is 0 Å². The van der Waals surface area contributed by atoms with Crippen LogP contribution in [0, 0.1) is 0 Å². The Morgan fingerprint density at radius 1 is 1.03 bits per heavy atom. The van der Waals surface area contributed by atoms with Crippen LogP contribution in [0.5, 0.6) is 0 Å². The van der Waals surface area contributed by atoms with Gasteiger partial charge in [-0.3, -0.25) is 9.59 Å². The third kappa shape index (κ3) is 6.20. The first kappa shape index (κ1) is 22.6. The molecule has 0 aliphatic carbocycles. The van der Waals surface area contributed by atoms with Crippen molar-refractivity contribution < 1.29 is 22.8 Å². The summed E-state index contributed by atoms with van der Waals surface area (Å²) in [6.45, 7) is 3.01. The summed E-state index contributed by atoms with van der Waals surface area (Å²) in [7, 11) is 0. The zero-order valence-electron chi connectivity index (χ0n) is 17.3. The highest BCUT2D eigenvalue weighted by molar-refractivity contribution is 5.97. The number of nitrogens with zero attached hydrogens (tertiary/aromatic N) is 1. The smallest absolute Gasteiger partial charge is 0.341 e. The van der Waals surface area contributed by atoms with Crippen molar-refractivity contribution in [2.45, 2.75) is 38.4 Å². The molecule has 0 bridgehead atoms. The maximum Gasteiger partial charge on any atom is 0.416 e. The van der Waals surface area contributed by atoms with E-state index in [0.29, 0.717) is 30.6 Å². The van der Waals surface area contributed by atoms with Crippen molar-refractivity contribution in [2.24, 2.45) is 0 Å². The summed E-state index contributed by atoms with van der Waals surface area (Å²) >= 11 is 0. The molecule has 1 saturated heterocycles. The maximum atomic E-state index is 13.0. The summed E-state index contributed by atoms with van der Waals surface area (Å²) in [5.41, 5.74) is 1.21. The van der Waals surface area contributed by atoms with Crippen LogP contribution in [0.3, 0.4) is 0 Å². The average molecular weight is 430 g/mol. The number of allylic oxidation sites excluding steroid dienone is 1. The highest BCUT2D eigenvalue weighted by atomic mass is 19.4. The molecule has 1 aliphatic heterocycles. The largest absolute Gasteiger partial charge is 0.416 e. The van der Waals surface area contributed by atoms with Crippen molar-refractivity contribution in [3.63, 3.8) is 0 Å². The highest BCUT2D eigenvalue weighted by Gasteiger charge is 2.30. The zero-order chi connectivity index (χ0) is 22.4. The number of carbonyl (C=O) groups is 2. The molecule has 0 spiro atoms. The number of hydrogen-bond donors (Lipinski definition) is 1. The van der Waals surface area contributed by atoms with E-state index in [1.807, 2.05) is 30.3 Å². The summed E-state index contributed by atoms with van der Waals surface area (Å²) in [5, 5.41) is 2.79. The number of hydrogen-bond acceptors (Lipinski definition) is 2. The number of halogens is 3. The molecule has 4 nitrogen and oxygen atoms in total. The van der Waals surface area contributed by atoms with Crippen molar-refractivity contribution in [1.82, 2.24) is 10.2 Å². The van der Waals surface area contributed by atoms with Gasteiger partial charge in [0.05, 0.1) is 5.56 Å². The molecule has 3 rings (SSSR count). The fourth-order valence-electron chi connectivity index (χ4n) is 3.62. The van der Waals surface area contributed by atoms with Gasteiger partial charge in [0.15, 0.2) is 0 Å². The predicted molar refractivity (Wildman–Crippen MR) is 113 cm³/mol. The lowest BCUT2D eigenvalue weighted by Gasteiger charge is -2.24. The molecule has 1 aliphatic rings. The Bertz CT molecular complexity index is 932. The molecule has 0 aromatic heterocycles. The van der Waals surface area contributed by atoms with Crippen LogP contribution in [0.1, 0.15) is 36.5 Å². The monoisotopic (exact) mass is 430 g/mol. The minimum atomic E-state index is -4.41. The van der Waals surface area contributed by atoms with Gasteiger partial charge < -0.3 is 10.2 Å². The Morgan fingerprint density at radius 3 is 2.23 bits per heavy atom. The number of likely N-dealkylation sites (tertiary alicyclic amines) is 1. The number of nitrogens with one attached hydrogen (secondary N) is 1. The second-order valence-electron chi connectivity index (χ2n) is 7.69. The molecule has 31 heavy (non-hydrogen) atoms. The molecule has 2 aromatic carbocycles. The molecule has 0 saturated carbocycles. The zero-order valence-corrected chi connectivity index (χ0v) is 17.3. The summed E-state index contributed by atoms with van der Waals surface area (Å²) in [4.78, 5) is 27.4. The van der Waals surface area contributed by atoms with E-state index in [0.717, 1.165) is 30.5 Å². The number of rotatable bonds is 6. The average Bonchev–Trinajstić information content (AvgIpc) is 3.28. The molecule has 0 radical (unpaired) electrons. The van der Waals surface area contributed by atoms with Gasteiger partial charge in [-0.05, 0) is 48.6 Å². The van der Waals surface area contributed by atoms with Crippen molar-refractivity contribution in [3.8, 4) is 0 Å². The molecule has 164 valence electrons. The van der Waals surface area contributed by atoms with Gasteiger partial charge in [0.25, 0.3) is 0 Å². The molecule has 1 fully saturated rings. The van der Waals surface area contributed by atoms with Crippen LogP contribution in [-0.2, 0) is 22.2 Å². The third-order valence-electron chi connectivity index (χ3n) is 5.33. The first-order valence-electron chi connectivity index (χ1n) is 10.2. The van der Waals surface area contributed by atoms with Gasteiger partial charge in [-0.2, -0.15) is 13.2 Å². The van der Waals surface area contributed by atoms with Crippen LogP contribution in [0.15, 0.2) is 60.7 Å². The van der Waals surface area contributed by atoms with Gasteiger partial charge in [0.1, 0.15) is 6.04 Å². The molecule has 7 heteroatoms. The van der Waals surface area contributed by atoms with E-state index in [-0.39, 0.29) is 5.91 Å². The minimum Gasteiger partial charge on any atom is -0.341 e. The highest BCUT2D eigenvalue weighted by Crippen LogP contribution is 2.30. The summed E-state index contributed by atoms with van der Waals surface area (Å²) in [5.74, 6) is -0.568. The van der Waals surface area contributed by atoms with Gasteiger partial charge >= 0.3 is 6.18 Å². The molecule has 2 amide bonds. The molecule has 2 aromatic rings. The fraction of sp³-hybridized carbons (Fsp3) is 0.333. The second kappa shape index (κ2) is 9.81. The Labute approximate surface area is 179 Å². The van der Waals surface area contributed by atoms with Crippen LogP contribution in [0.25, 0.3) is 5.57 Å². The van der Waals surface area contributed by atoms with Crippen LogP contribution >= 0.6 is 0 Å². The summed E-state index contributed by atoms with van der Waals surface area (Å²) in [6, 6.07) is 13.4. The van der Waals surface area contributed by atoms with Crippen molar-refractivity contribution in [2.75, 3.05) is 13.1 Å². The fourth-order valence-corrected chi connectivity index (χ4v) is 3.62. The molecule has 1 heterocycles. The second-order valence-corrected chi connectivity index (χ2v) is 7.69. The Balaban J connectivity index is 1.73. The van der Waals surface area contributed by atoms with Gasteiger partial charge in [0, 0.05) is 25.6 Å². The van der Waals surface area contributed by atoms with Crippen LogP contribution in [0.4, 0.5) is 13.2 Å². The van der Waals surface area contributed by atoms with E-state index in [1.165, 1.54) is 18.2 Å². The van der Waals surface area contributed by atoms with Crippen LogP contribution < -0.4 is 5.32 Å². The quantitative estimate of drug-likeness (QED) is 0.688. The number of alkyl halides is 3. The van der Waals surface area contributed by atoms with Crippen molar-refractivity contribution >= 4 is 17.4 Å². The topological polar surface area (TPSA) is 49.4 Å². The van der Waals surface area contributed by atoms with E-state index in [4.69, 9.17) is 0 Å². The Hall–Kier alpha value is -3.09. The standard InChI is InChI=1S/C24H25F3N2O2/c1-17(19-9-11-20(12-10-19)24(25,26)27)15-22(30)28-21(16-18-7-3-2-4-8-18)23(31)29-13-5-6-14-29/h2-4,7-12,15,21H,5-6,13-14,16H2,1H3,(H,28,30)/b17-15-. The minimum absolute atomic E-state index is 0.115. The molecule has 1 unspecified atom stereocenters. The normalized spacial score (nSPS) is 15.6. The van der Waals surface area contributed by atoms with Gasteiger partial charge in [-0.1, -0.05) is 42.5 Å². The molecular weight excluding hydrogens is 405 g/mol. The Morgan fingerprint density at radius 2 is 1.65 bits per heavy atom. The van der Waals surface area contributed by atoms with Crippen molar-refractivity contribution in [3.05, 3.63) is 77.4 Å². The molecule has 1 N–H and O–H groups in total. The predicted octanol–water partition coefficient (Wildman–Crippen LogP) is 4.46. The van der Waals surface area contributed by atoms with Crippen LogP contribution in [0.2, 0.25) is 0 Å². The van der Waals surface area contributed by atoms with Crippen LogP contribution in [-0.4, -0.2) is 35.8 Å². The Kier molecular flexibility index (Phi) is 7.15. The van der Waals surface area contributed by atoms with Gasteiger partial charge in [-0.15, -0.1) is 0 Å². The maximum absolute atomic E-state index is 13.0.